The van der Waals surface area contributed by atoms with Crippen LogP contribution in [0.15, 0.2) is 47.4 Å². The lowest BCUT2D eigenvalue weighted by Crippen LogP contribution is -2.36. The predicted molar refractivity (Wildman–Crippen MR) is 109 cm³/mol. The number of hydrogen-bond acceptors (Lipinski definition) is 4. The number of amides is 1. The van der Waals surface area contributed by atoms with Gasteiger partial charge < -0.3 is 10.1 Å². The lowest BCUT2D eigenvalue weighted by Gasteiger charge is -2.23. The van der Waals surface area contributed by atoms with Gasteiger partial charge in [0.05, 0.1) is 17.7 Å². The molecular weight excluding hydrogens is 376 g/mol. The first kappa shape index (κ1) is 20.4. The average molecular weight is 403 g/mol. The predicted octanol–water partition coefficient (Wildman–Crippen LogP) is 3.87. The maximum atomic E-state index is 12.8. The number of carbonyl (C=O) groups excluding carboxylic acids is 1. The minimum Gasteiger partial charge on any atom is -0.495 e. The van der Waals surface area contributed by atoms with E-state index in [9.17, 15) is 13.2 Å². The Morgan fingerprint density at radius 1 is 1.07 bits per heavy atom. The van der Waals surface area contributed by atoms with Crippen molar-refractivity contribution in [2.24, 2.45) is 0 Å². The molecule has 0 unspecified atom stereocenters. The van der Waals surface area contributed by atoms with E-state index in [0.717, 1.165) is 37.7 Å². The van der Waals surface area contributed by atoms with Crippen LogP contribution in [0.2, 0.25) is 0 Å². The zero-order valence-electron chi connectivity index (χ0n) is 16.2. The van der Waals surface area contributed by atoms with Crippen molar-refractivity contribution in [1.29, 1.82) is 0 Å². The van der Waals surface area contributed by atoms with Crippen LogP contribution in [0.4, 0.5) is 5.69 Å². The molecule has 0 atom stereocenters. The Labute approximate surface area is 166 Å². The average Bonchev–Trinajstić information content (AvgIpc) is 2.68. The fourth-order valence-electron chi connectivity index (χ4n) is 3.48. The fraction of sp³-hybridized carbons (Fsp3) is 0.381. The normalized spacial score (nSPS) is 15.2. The molecule has 1 amide bonds. The van der Waals surface area contributed by atoms with Crippen LogP contribution in [0.1, 0.15) is 48.0 Å². The summed E-state index contributed by atoms with van der Waals surface area (Å²) in [6.07, 6.45) is 4.93. The van der Waals surface area contributed by atoms with Crippen molar-refractivity contribution in [1.82, 2.24) is 4.72 Å². The van der Waals surface area contributed by atoms with Gasteiger partial charge in [0.25, 0.3) is 5.91 Å². The number of aryl methyl sites for hydroxylation is 1. The standard InChI is InChI=1S/C21H26N2O4S/c1-15-8-6-7-11-18(15)21(24)22-19-14-17(12-13-20(19)27-2)28(25,26)23-16-9-4-3-5-10-16/h6-8,11-14,16,23H,3-5,9-10H2,1-2H3,(H,22,24). The van der Waals surface area contributed by atoms with Gasteiger partial charge in [-0.3, -0.25) is 4.79 Å². The van der Waals surface area contributed by atoms with Gasteiger partial charge in [0.2, 0.25) is 10.0 Å². The molecule has 1 aliphatic rings. The van der Waals surface area contributed by atoms with Gasteiger partial charge in [-0.1, -0.05) is 37.5 Å². The van der Waals surface area contributed by atoms with Crippen molar-refractivity contribution in [3.8, 4) is 5.75 Å². The SMILES string of the molecule is COc1ccc(S(=O)(=O)NC2CCCCC2)cc1NC(=O)c1ccccc1C. The maximum Gasteiger partial charge on any atom is 0.256 e. The number of hydrogen-bond donors (Lipinski definition) is 2. The Bertz CT molecular complexity index is 951. The van der Waals surface area contributed by atoms with Crippen molar-refractivity contribution >= 4 is 21.6 Å². The van der Waals surface area contributed by atoms with Crippen LogP contribution in [-0.4, -0.2) is 27.5 Å². The van der Waals surface area contributed by atoms with Gasteiger partial charge >= 0.3 is 0 Å². The molecule has 1 aliphatic carbocycles. The van der Waals surface area contributed by atoms with Gasteiger partial charge in [-0.25, -0.2) is 13.1 Å². The highest BCUT2D eigenvalue weighted by Gasteiger charge is 2.23. The van der Waals surface area contributed by atoms with Crippen LogP contribution < -0.4 is 14.8 Å². The number of anilines is 1. The number of rotatable bonds is 6. The summed E-state index contributed by atoms with van der Waals surface area (Å²) >= 11 is 0. The summed E-state index contributed by atoms with van der Waals surface area (Å²) in [5.41, 5.74) is 1.68. The smallest absolute Gasteiger partial charge is 0.256 e. The van der Waals surface area contributed by atoms with Crippen molar-refractivity contribution in [3.05, 3.63) is 53.6 Å². The number of sulfonamides is 1. The molecule has 3 rings (SSSR count). The van der Waals surface area contributed by atoms with Gasteiger partial charge in [-0.2, -0.15) is 0 Å². The summed E-state index contributed by atoms with van der Waals surface area (Å²) in [5, 5.41) is 2.78. The molecule has 1 saturated carbocycles. The van der Waals surface area contributed by atoms with E-state index in [4.69, 9.17) is 4.74 Å². The van der Waals surface area contributed by atoms with Crippen LogP contribution in [-0.2, 0) is 10.0 Å². The molecule has 2 N–H and O–H groups in total. The second-order valence-corrected chi connectivity index (χ2v) is 8.80. The van der Waals surface area contributed by atoms with Crippen LogP contribution in [0, 0.1) is 6.92 Å². The summed E-state index contributed by atoms with van der Waals surface area (Å²) in [4.78, 5) is 12.8. The van der Waals surface area contributed by atoms with E-state index in [1.54, 1.807) is 18.2 Å². The third-order valence-corrected chi connectivity index (χ3v) is 6.56. The first-order valence-corrected chi connectivity index (χ1v) is 11.0. The van der Waals surface area contributed by atoms with Crippen molar-refractivity contribution in [3.63, 3.8) is 0 Å². The first-order valence-electron chi connectivity index (χ1n) is 9.48. The molecule has 28 heavy (non-hydrogen) atoms. The highest BCUT2D eigenvalue weighted by atomic mass is 32.2. The minimum atomic E-state index is -3.67. The second-order valence-electron chi connectivity index (χ2n) is 7.09. The number of benzene rings is 2. The summed E-state index contributed by atoms with van der Waals surface area (Å²) in [6.45, 7) is 1.85. The van der Waals surface area contributed by atoms with Crippen LogP contribution >= 0.6 is 0 Å². The molecule has 0 radical (unpaired) electrons. The molecule has 7 heteroatoms. The zero-order valence-corrected chi connectivity index (χ0v) is 17.0. The van der Waals surface area contributed by atoms with E-state index in [1.807, 2.05) is 19.1 Å². The van der Waals surface area contributed by atoms with Crippen molar-refractivity contribution in [2.75, 3.05) is 12.4 Å². The zero-order chi connectivity index (χ0) is 20.1. The molecule has 0 heterocycles. The Balaban J connectivity index is 1.85. The van der Waals surface area contributed by atoms with Crippen LogP contribution in [0.25, 0.3) is 0 Å². The summed E-state index contributed by atoms with van der Waals surface area (Å²) in [7, 11) is -2.19. The molecule has 0 bridgehead atoms. The minimum absolute atomic E-state index is 0.0362. The Morgan fingerprint density at radius 2 is 1.79 bits per heavy atom. The summed E-state index contributed by atoms with van der Waals surface area (Å²) < 4.78 is 33.7. The third-order valence-electron chi connectivity index (χ3n) is 5.05. The van der Waals surface area contributed by atoms with E-state index in [0.29, 0.717) is 17.0 Å². The lowest BCUT2D eigenvalue weighted by atomic mass is 9.96. The van der Waals surface area contributed by atoms with Crippen molar-refractivity contribution < 1.29 is 17.9 Å². The van der Waals surface area contributed by atoms with Crippen molar-refractivity contribution in [2.45, 2.75) is 50.0 Å². The lowest BCUT2D eigenvalue weighted by molar-refractivity contribution is 0.102. The van der Waals surface area contributed by atoms with Gasteiger partial charge in [0.1, 0.15) is 5.75 Å². The molecule has 2 aromatic carbocycles. The third kappa shape index (κ3) is 4.72. The monoisotopic (exact) mass is 402 g/mol. The Kier molecular flexibility index (Phi) is 6.36. The first-order chi connectivity index (χ1) is 13.4. The molecule has 0 saturated heterocycles. The second kappa shape index (κ2) is 8.75. The maximum absolute atomic E-state index is 12.8. The number of nitrogens with one attached hydrogen (secondary N) is 2. The summed E-state index contributed by atoms with van der Waals surface area (Å²) in [6, 6.07) is 11.7. The highest BCUT2D eigenvalue weighted by molar-refractivity contribution is 7.89. The molecule has 0 aromatic heterocycles. The molecule has 0 aliphatic heterocycles. The molecular formula is C21H26N2O4S. The largest absolute Gasteiger partial charge is 0.495 e. The molecule has 1 fully saturated rings. The van der Waals surface area contributed by atoms with Crippen LogP contribution in [0.5, 0.6) is 5.75 Å². The highest BCUT2D eigenvalue weighted by Crippen LogP contribution is 2.29. The summed E-state index contributed by atoms with van der Waals surface area (Å²) in [5.74, 6) is 0.0877. The van der Waals surface area contributed by atoms with E-state index in [1.165, 1.54) is 19.2 Å². The fourth-order valence-corrected chi connectivity index (χ4v) is 4.81. The quantitative estimate of drug-likeness (QED) is 0.768. The van der Waals surface area contributed by atoms with Gasteiger partial charge in [0, 0.05) is 11.6 Å². The van der Waals surface area contributed by atoms with Crippen LogP contribution in [0.3, 0.4) is 0 Å². The van der Waals surface area contributed by atoms with Gasteiger partial charge in [-0.15, -0.1) is 0 Å². The van der Waals surface area contributed by atoms with E-state index in [-0.39, 0.29) is 16.8 Å². The Morgan fingerprint density at radius 3 is 2.46 bits per heavy atom. The number of carbonyl (C=O) groups is 1. The molecule has 0 spiro atoms. The topological polar surface area (TPSA) is 84.5 Å². The van der Waals surface area contributed by atoms with E-state index >= 15 is 0 Å². The Hall–Kier alpha value is -2.38. The van der Waals surface area contributed by atoms with Gasteiger partial charge in [-0.05, 0) is 49.6 Å². The molecule has 2 aromatic rings. The molecule has 6 nitrogen and oxygen atoms in total. The van der Waals surface area contributed by atoms with E-state index in [2.05, 4.69) is 10.0 Å². The van der Waals surface area contributed by atoms with E-state index < -0.39 is 10.0 Å². The number of ether oxygens (including phenoxy) is 1. The number of methoxy groups -OCH3 is 1. The van der Waals surface area contributed by atoms with Gasteiger partial charge in [0.15, 0.2) is 0 Å². The molecule has 150 valence electrons.